The number of aliphatic hydroxyl groups is 1. The molecule has 1 rings (SSSR count). The molecule has 102 valence electrons. The first-order chi connectivity index (χ1) is 8.28. The first-order valence-electron chi connectivity index (χ1n) is 6.75. The van der Waals surface area contributed by atoms with E-state index in [9.17, 15) is 9.50 Å². The summed E-state index contributed by atoms with van der Waals surface area (Å²) in [4.78, 5) is 0. The van der Waals surface area contributed by atoms with Crippen LogP contribution >= 0.6 is 0 Å². The molecule has 0 saturated carbocycles. The minimum Gasteiger partial charge on any atom is -0.390 e. The summed E-state index contributed by atoms with van der Waals surface area (Å²) in [6.07, 6.45) is 2.37. The van der Waals surface area contributed by atoms with Gasteiger partial charge in [0.15, 0.2) is 0 Å². The summed E-state index contributed by atoms with van der Waals surface area (Å²) in [5.74, 6) is 0.886. The van der Waals surface area contributed by atoms with Crippen LogP contribution in [-0.2, 0) is 6.42 Å². The van der Waals surface area contributed by atoms with Crippen LogP contribution < -0.4 is 0 Å². The molecular formula is C16H25FO. The molecule has 1 aromatic carbocycles. The molecule has 0 aromatic heterocycles. The number of hydrogen-bond donors (Lipinski definition) is 1. The standard InChI is InChI=1S/C16H25FO/c1-12(2)8-13(3)10-16(4,18)11-14-6-5-7-15(17)9-14/h5-7,9,12-13,18H,8,10-11H2,1-4H3. The van der Waals surface area contributed by atoms with E-state index in [1.165, 1.54) is 12.1 Å². The van der Waals surface area contributed by atoms with E-state index in [2.05, 4.69) is 20.8 Å². The largest absolute Gasteiger partial charge is 0.390 e. The van der Waals surface area contributed by atoms with Gasteiger partial charge in [0.25, 0.3) is 0 Å². The predicted octanol–water partition coefficient (Wildman–Crippen LogP) is 4.19. The second-order valence-corrected chi connectivity index (χ2v) is 6.24. The molecule has 2 atom stereocenters. The van der Waals surface area contributed by atoms with Crippen molar-refractivity contribution in [2.45, 2.75) is 52.6 Å². The van der Waals surface area contributed by atoms with E-state index < -0.39 is 5.60 Å². The lowest BCUT2D eigenvalue weighted by Crippen LogP contribution is -2.30. The van der Waals surface area contributed by atoms with Crippen LogP contribution in [0.3, 0.4) is 0 Å². The lowest BCUT2D eigenvalue weighted by molar-refractivity contribution is 0.0336. The summed E-state index contributed by atoms with van der Waals surface area (Å²) < 4.78 is 13.1. The van der Waals surface area contributed by atoms with Gasteiger partial charge in [-0.15, -0.1) is 0 Å². The number of hydrogen-bond acceptors (Lipinski definition) is 1. The highest BCUT2D eigenvalue weighted by molar-refractivity contribution is 5.18. The van der Waals surface area contributed by atoms with Gasteiger partial charge >= 0.3 is 0 Å². The van der Waals surface area contributed by atoms with Crippen LogP contribution in [0.5, 0.6) is 0 Å². The van der Waals surface area contributed by atoms with Crippen molar-refractivity contribution < 1.29 is 9.50 Å². The van der Waals surface area contributed by atoms with Gasteiger partial charge in [0, 0.05) is 6.42 Å². The Bertz CT molecular complexity index is 371. The van der Waals surface area contributed by atoms with E-state index >= 15 is 0 Å². The van der Waals surface area contributed by atoms with Crippen molar-refractivity contribution in [1.82, 2.24) is 0 Å². The molecule has 0 heterocycles. The molecule has 0 spiro atoms. The number of benzene rings is 1. The van der Waals surface area contributed by atoms with Gasteiger partial charge in [-0.2, -0.15) is 0 Å². The molecule has 0 radical (unpaired) electrons. The number of rotatable bonds is 6. The average molecular weight is 252 g/mol. The van der Waals surface area contributed by atoms with Crippen molar-refractivity contribution in [2.75, 3.05) is 0 Å². The van der Waals surface area contributed by atoms with Crippen molar-refractivity contribution in [3.8, 4) is 0 Å². The molecule has 1 aromatic rings. The van der Waals surface area contributed by atoms with E-state index in [1.54, 1.807) is 6.07 Å². The summed E-state index contributed by atoms with van der Waals surface area (Å²) in [7, 11) is 0. The van der Waals surface area contributed by atoms with Crippen LogP contribution in [0.15, 0.2) is 24.3 Å². The third kappa shape index (κ3) is 5.63. The molecular weight excluding hydrogens is 227 g/mol. The van der Waals surface area contributed by atoms with E-state index in [0.29, 0.717) is 18.3 Å². The third-order valence-corrected chi connectivity index (χ3v) is 3.14. The SMILES string of the molecule is CC(C)CC(C)CC(C)(O)Cc1cccc(F)c1. The smallest absolute Gasteiger partial charge is 0.123 e. The monoisotopic (exact) mass is 252 g/mol. The topological polar surface area (TPSA) is 20.2 Å². The first-order valence-corrected chi connectivity index (χ1v) is 6.75. The maximum Gasteiger partial charge on any atom is 0.123 e. The van der Waals surface area contributed by atoms with Crippen molar-refractivity contribution in [2.24, 2.45) is 11.8 Å². The molecule has 0 amide bonds. The Morgan fingerprint density at radius 1 is 1.28 bits per heavy atom. The third-order valence-electron chi connectivity index (χ3n) is 3.14. The van der Waals surface area contributed by atoms with E-state index in [4.69, 9.17) is 0 Å². The Balaban J connectivity index is 2.58. The maximum atomic E-state index is 13.1. The van der Waals surface area contributed by atoms with Gasteiger partial charge in [0.2, 0.25) is 0 Å². The zero-order chi connectivity index (χ0) is 13.8. The molecule has 0 fully saturated rings. The van der Waals surface area contributed by atoms with Gasteiger partial charge in [0.05, 0.1) is 5.60 Å². The van der Waals surface area contributed by atoms with Gasteiger partial charge in [-0.3, -0.25) is 0 Å². The van der Waals surface area contributed by atoms with Crippen LogP contribution in [0.2, 0.25) is 0 Å². The quantitative estimate of drug-likeness (QED) is 0.804. The lowest BCUT2D eigenvalue weighted by atomic mass is 9.84. The first kappa shape index (κ1) is 15.2. The Morgan fingerprint density at radius 3 is 2.50 bits per heavy atom. The molecule has 18 heavy (non-hydrogen) atoms. The van der Waals surface area contributed by atoms with Crippen molar-refractivity contribution in [3.63, 3.8) is 0 Å². The highest BCUT2D eigenvalue weighted by atomic mass is 19.1. The highest BCUT2D eigenvalue weighted by Crippen LogP contribution is 2.25. The summed E-state index contributed by atoms with van der Waals surface area (Å²) in [6, 6.07) is 6.49. The summed E-state index contributed by atoms with van der Waals surface area (Å²) in [6.45, 7) is 8.39. The summed E-state index contributed by atoms with van der Waals surface area (Å²) in [5, 5.41) is 10.4. The van der Waals surface area contributed by atoms with Crippen LogP contribution in [-0.4, -0.2) is 10.7 Å². The van der Waals surface area contributed by atoms with Gasteiger partial charge < -0.3 is 5.11 Å². The average Bonchev–Trinajstić information content (AvgIpc) is 2.13. The Hall–Kier alpha value is -0.890. The molecule has 0 aliphatic heterocycles. The fourth-order valence-electron chi connectivity index (χ4n) is 2.80. The van der Waals surface area contributed by atoms with Crippen LogP contribution in [0, 0.1) is 17.7 Å². The molecule has 0 aliphatic carbocycles. The summed E-state index contributed by atoms with van der Waals surface area (Å²) >= 11 is 0. The second-order valence-electron chi connectivity index (χ2n) is 6.24. The minimum atomic E-state index is -0.762. The lowest BCUT2D eigenvalue weighted by Gasteiger charge is -2.27. The summed E-state index contributed by atoms with van der Waals surface area (Å²) in [5.41, 5.74) is 0.0963. The predicted molar refractivity (Wildman–Crippen MR) is 74.0 cm³/mol. The molecule has 0 saturated heterocycles. The second kappa shape index (κ2) is 6.33. The van der Waals surface area contributed by atoms with Gasteiger partial charge in [-0.1, -0.05) is 32.9 Å². The van der Waals surface area contributed by atoms with Crippen LogP contribution in [0.1, 0.15) is 46.1 Å². The fraction of sp³-hybridized carbons (Fsp3) is 0.625. The van der Waals surface area contributed by atoms with E-state index in [-0.39, 0.29) is 5.82 Å². The van der Waals surface area contributed by atoms with Gasteiger partial charge in [-0.25, -0.2) is 4.39 Å². The Kier molecular flexibility index (Phi) is 5.33. The fourth-order valence-corrected chi connectivity index (χ4v) is 2.80. The molecule has 0 aliphatic rings. The van der Waals surface area contributed by atoms with Crippen molar-refractivity contribution in [3.05, 3.63) is 35.6 Å². The molecule has 2 heteroatoms. The molecule has 1 N–H and O–H groups in total. The van der Waals surface area contributed by atoms with Crippen LogP contribution in [0.4, 0.5) is 4.39 Å². The van der Waals surface area contributed by atoms with Gasteiger partial charge in [0.1, 0.15) is 5.82 Å². The zero-order valence-electron chi connectivity index (χ0n) is 11.9. The van der Waals surface area contributed by atoms with Crippen molar-refractivity contribution >= 4 is 0 Å². The number of halogens is 1. The molecule has 0 bridgehead atoms. The van der Waals surface area contributed by atoms with Gasteiger partial charge in [-0.05, 0) is 49.3 Å². The van der Waals surface area contributed by atoms with Crippen molar-refractivity contribution in [1.29, 1.82) is 0 Å². The van der Waals surface area contributed by atoms with E-state index in [1.807, 2.05) is 13.0 Å². The Morgan fingerprint density at radius 2 is 1.94 bits per heavy atom. The normalized spacial score (nSPS) is 16.6. The highest BCUT2D eigenvalue weighted by Gasteiger charge is 2.24. The molecule has 1 nitrogen and oxygen atoms in total. The zero-order valence-corrected chi connectivity index (χ0v) is 11.9. The maximum absolute atomic E-state index is 13.1. The minimum absolute atomic E-state index is 0.237. The molecule has 2 unspecified atom stereocenters. The van der Waals surface area contributed by atoms with Crippen LogP contribution in [0.25, 0.3) is 0 Å². The van der Waals surface area contributed by atoms with E-state index in [0.717, 1.165) is 18.4 Å². The Labute approximate surface area is 110 Å².